The molecule has 0 bridgehead atoms. The maximum Gasteiger partial charge on any atom is 0.131 e. The van der Waals surface area contributed by atoms with Gasteiger partial charge in [0.1, 0.15) is 11.5 Å². The van der Waals surface area contributed by atoms with Gasteiger partial charge >= 0.3 is 0 Å². The monoisotopic (exact) mass is 292 g/mol. The molecular weight excluding hydrogens is 268 g/mol. The first kappa shape index (κ1) is 13.9. The molecule has 2 aliphatic rings. The Morgan fingerprint density at radius 2 is 1.14 bits per heavy atom. The summed E-state index contributed by atoms with van der Waals surface area (Å²) < 4.78 is 6.15. The fraction of sp³-hybridized carbons (Fsp3) is 0.429. The van der Waals surface area contributed by atoms with Crippen LogP contribution in [0.3, 0.4) is 0 Å². The third-order valence-corrected chi connectivity index (χ3v) is 5.35. The van der Waals surface area contributed by atoms with E-state index in [9.17, 15) is 0 Å². The van der Waals surface area contributed by atoms with Crippen molar-refractivity contribution < 1.29 is 4.74 Å². The second kappa shape index (κ2) is 6.16. The third-order valence-electron chi connectivity index (χ3n) is 5.35. The standard InChI is InChI=1S/C21H24O/c1-2-4-10-16(11-5-3-1)21-17-12-6-8-14-19(17)22-20-15-9-7-13-18(20)21/h6-9,12-16,21H,1-5,10-11H2. The molecule has 1 aliphatic carbocycles. The Morgan fingerprint density at radius 1 is 0.636 bits per heavy atom. The van der Waals surface area contributed by atoms with Crippen molar-refractivity contribution in [3.05, 3.63) is 59.7 Å². The van der Waals surface area contributed by atoms with Crippen molar-refractivity contribution in [3.8, 4) is 11.5 Å². The Kier molecular flexibility index (Phi) is 3.88. The second-order valence-corrected chi connectivity index (χ2v) is 6.76. The minimum absolute atomic E-state index is 0.513. The molecule has 0 atom stereocenters. The van der Waals surface area contributed by atoms with Crippen molar-refractivity contribution in [1.82, 2.24) is 0 Å². The average Bonchev–Trinajstić information content (AvgIpc) is 2.53. The minimum Gasteiger partial charge on any atom is -0.457 e. The molecule has 0 aromatic heterocycles. The van der Waals surface area contributed by atoms with E-state index >= 15 is 0 Å². The van der Waals surface area contributed by atoms with Crippen LogP contribution in [0.25, 0.3) is 0 Å². The van der Waals surface area contributed by atoms with Crippen LogP contribution >= 0.6 is 0 Å². The van der Waals surface area contributed by atoms with E-state index in [0.29, 0.717) is 5.92 Å². The lowest BCUT2D eigenvalue weighted by Crippen LogP contribution is -2.20. The third kappa shape index (κ3) is 2.54. The zero-order valence-electron chi connectivity index (χ0n) is 13.1. The van der Waals surface area contributed by atoms with Crippen LogP contribution in [0.2, 0.25) is 0 Å². The summed E-state index contributed by atoms with van der Waals surface area (Å²) >= 11 is 0. The molecule has 0 radical (unpaired) electrons. The van der Waals surface area contributed by atoms with Crippen molar-refractivity contribution >= 4 is 0 Å². The fourth-order valence-electron chi connectivity index (χ4n) is 4.28. The Bertz CT molecular complexity index is 592. The summed E-state index contributed by atoms with van der Waals surface area (Å²) in [4.78, 5) is 0. The molecule has 1 nitrogen and oxygen atoms in total. The van der Waals surface area contributed by atoms with Gasteiger partial charge in [-0.1, -0.05) is 68.5 Å². The van der Waals surface area contributed by atoms with Crippen molar-refractivity contribution in [1.29, 1.82) is 0 Å². The Labute approximate surface area is 133 Å². The van der Waals surface area contributed by atoms with Crippen LogP contribution in [0.5, 0.6) is 11.5 Å². The molecule has 22 heavy (non-hydrogen) atoms. The first-order valence-electron chi connectivity index (χ1n) is 8.79. The Hall–Kier alpha value is -1.76. The highest BCUT2D eigenvalue weighted by molar-refractivity contribution is 5.53. The van der Waals surface area contributed by atoms with Gasteiger partial charge < -0.3 is 4.74 Å². The first-order chi connectivity index (χ1) is 10.9. The van der Waals surface area contributed by atoms with Crippen LogP contribution in [0.1, 0.15) is 62.0 Å². The molecule has 0 unspecified atom stereocenters. The van der Waals surface area contributed by atoms with E-state index in [0.717, 1.165) is 17.4 Å². The summed E-state index contributed by atoms with van der Waals surface area (Å²) in [7, 11) is 0. The number of fused-ring (bicyclic) bond motifs is 2. The lowest BCUT2D eigenvalue weighted by atomic mass is 9.73. The SMILES string of the molecule is c1ccc2c(c1)Oc1ccccc1C2C1CCCCCCC1. The quantitative estimate of drug-likeness (QED) is 0.600. The Morgan fingerprint density at radius 3 is 1.73 bits per heavy atom. The van der Waals surface area contributed by atoms with Crippen LogP contribution in [0.4, 0.5) is 0 Å². The van der Waals surface area contributed by atoms with Gasteiger partial charge in [0, 0.05) is 17.0 Å². The molecule has 1 heteroatoms. The molecular formula is C21H24O. The number of ether oxygens (including phenoxy) is 1. The second-order valence-electron chi connectivity index (χ2n) is 6.76. The van der Waals surface area contributed by atoms with E-state index in [-0.39, 0.29) is 0 Å². The summed E-state index contributed by atoms with van der Waals surface area (Å²) in [6.45, 7) is 0. The van der Waals surface area contributed by atoms with Gasteiger partial charge in [-0.2, -0.15) is 0 Å². The maximum atomic E-state index is 6.15. The molecule has 114 valence electrons. The first-order valence-corrected chi connectivity index (χ1v) is 8.79. The number of hydrogen-bond donors (Lipinski definition) is 0. The minimum atomic E-state index is 0.513. The highest BCUT2D eigenvalue weighted by atomic mass is 16.5. The molecule has 1 heterocycles. The van der Waals surface area contributed by atoms with Crippen LogP contribution in [0, 0.1) is 5.92 Å². The molecule has 0 saturated heterocycles. The number of rotatable bonds is 1. The van der Waals surface area contributed by atoms with Crippen LogP contribution in [-0.4, -0.2) is 0 Å². The number of para-hydroxylation sites is 2. The number of hydrogen-bond acceptors (Lipinski definition) is 1. The van der Waals surface area contributed by atoms with Gasteiger partial charge in [0.15, 0.2) is 0 Å². The van der Waals surface area contributed by atoms with Gasteiger partial charge in [-0.3, -0.25) is 0 Å². The zero-order valence-corrected chi connectivity index (χ0v) is 13.1. The molecule has 0 N–H and O–H groups in total. The predicted molar refractivity (Wildman–Crippen MR) is 90.6 cm³/mol. The van der Waals surface area contributed by atoms with E-state index in [1.165, 1.54) is 56.1 Å². The molecule has 4 rings (SSSR count). The van der Waals surface area contributed by atoms with Crippen molar-refractivity contribution in [2.45, 2.75) is 50.9 Å². The summed E-state index contributed by atoms with van der Waals surface area (Å²) in [6.07, 6.45) is 9.71. The smallest absolute Gasteiger partial charge is 0.131 e. The highest BCUT2D eigenvalue weighted by Crippen LogP contribution is 2.49. The summed E-state index contributed by atoms with van der Waals surface area (Å²) in [5.41, 5.74) is 2.79. The lowest BCUT2D eigenvalue weighted by molar-refractivity contribution is 0.326. The average molecular weight is 292 g/mol. The van der Waals surface area contributed by atoms with Crippen LogP contribution < -0.4 is 4.74 Å². The maximum absolute atomic E-state index is 6.15. The van der Waals surface area contributed by atoms with Crippen LogP contribution in [0.15, 0.2) is 48.5 Å². The van der Waals surface area contributed by atoms with E-state index in [4.69, 9.17) is 4.74 Å². The largest absolute Gasteiger partial charge is 0.457 e. The molecule has 2 aromatic rings. The zero-order chi connectivity index (χ0) is 14.8. The molecule has 2 aromatic carbocycles. The Balaban J connectivity index is 1.76. The summed E-state index contributed by atoms with van der Waals surface area (Å²) in [6, 6.07) is 17.3. The van der Waals surface area contributed by atoms with Crippen molar-refractivity contribution in [3.63, 3.8) is 0 Å². The fourth-order valence-corrected chi connectivity index (χ4v) is 4.28. The topological polar surface area (TPSA) is 9.23 Å². The van der Waals surface area contributed by atoms with Gasteiger partial charge in [0.2, 0.25) is 0 Å². The van der Waals surface area contributed by atoms with Gasteiger partial charge in [-0.25, -0.2) is 0 Å². The van der Waals surface area contributed by atoms with Gasteiger partial charge in [0.05, 0.1) is 0 Å². The van der Waals surface area contributed by atoms with Gasteiger partial charge in [-0.05, 0) is 30.9 Å². The summed E-state index contributed by atoms with van der Waals surface area (Å²) in [5, 5.41) is 0. The molecule has 0 amide bonds. The van der Waals surface area contributed by atoms with Gasteiger partial charge in [0.25, 0.3) is 0 Å². The van der Waals surface area contributed by atoms with E-state index in [1.807, 2.05) is 0 Å². The van der Waals surface area contributed by atoms with Gasteiger partial charge in [-0.15, -0.1) is 0 Å². The van der Waals surface area contributed by atoms with E-state index in [1.54, 1.807) is 0 Å². The predicted octanol–water partition coefficient (Wildman–Crippen LogP) is 6.28. The summed E-state index contributed by atoms with van der Waals surface area (Å²) in [5.74, 6) is 3.40. The number of benzene rings is 2. The van der Waals surface area contributed by atoms with E-state index < -0.39 is 0 Å². The highest BCUT2D eigenvalue weighted by Gasteiger charge is 2.32. The molecule has 0 spiro atoms. The molecule has 1 aliphatic heterocycles. The molecule has 1 fully saturated rings. The van der Waals surface area contributed by atoms with Crippen molar-refractivity contribution in [2.75, 3.05) is 0 Å². The normalized spacial score (nSPS) is 19.5. The van der Waals surface area contributed by atoms with Crippen LogP contribution in [-0.2, 0) is 0 Å². The lowest BCUT2D eigenvalue weighted by Gasteiger charge is -2.34. The van der Waals surface area contributed by atoms with E-state index in [2.05, 4.69) is 48.5 Å². The molecule has 1 saturated carbocycles. The van der Waals surface area contributed by atoms with Crippen molar-refractivity contribution in [2.24, 2.45) is 5.92 Å².